The van der Waals surface area contributed by atoms with E-state index >= 15 is 0 Å². The van der Waals surface area contributed by atoms with Crippen molar-refractivity contribution in [2.45, 2.75) is 25.0 Å². The van der Waals surface area contributed by atoms with Gasteiger partial charge >= 0.3 is 0 Å². The quantitative estimate of drug-likeness (QED) is 0.634. The Balaban J connectivity index is 0.00000112. The third-order valence-corrected chi connectivity index (χ3v) is 2.67. The highest BCUT2D eigenvalue weighted by Crippen LogP contribution is 2.18. The van der Waals surface area contributed by atoms with Crippen molar-refractivity contribution in [2.24, 2.45) is 5.73 Å². The Hall–Kier alpha value is -0.900. The molecule has 1 aromatic carbocycles. The number of hydrogen-bond acceptors (Lipinski definition) is 3. The molecular weight excluding hydrogens is 214 g/mol. The zero-order valence-corrected chi connectivity index (χ0v) is 9.04. The lowest BCUT2D eigenvalue weighted by atomic mass is 10.0. The highest BCUT2D eigenvalue weighted by molar-refractivity contribution is 5.89. The second kappa shape index (κ2) is 4.75. The van der Waals surface area contributed by atoms with Gasteiger partial charge in [0, 0.05) is 6.42 Å². The van der Waals surface area contributed by atoms with Crippen molar-refractivity contribution < 1.29 is 9.90 Å². The molecule has 2 rings (SSSR count). The molecule has 0 saturated heterocycles. The van der Waals surface area contributed by atoms with Crippen LogP contribution in [-0.2, 0) is 17.6 Å². The minimum Gasteiger partial charge on any atom is -0.385 e. The molecule has 0 bridgehead atoms. The van der Waals surface area contributed by atoms with Crippen LogP contribution in [0.5, 0.6) is 0 Å². The van der Waals surface area contributed by atoms with Crippen LogP contribution in [0.4, 0.5) is 0 Å². The third-order valence-electron chi connectivity index (χ3n) is 2.67. The second-order valence-electron chi connectivity index (χ2n) is 3.70. The minimum absolute atomic E-state index is 0. The van der Waals surface area contributed by atoms with Gasteiger partial charge in [-0.15, -0.1) is 12.4 Å². The van der Waals surface area contributed by atoms with E-state index in [1.165, 1.54) is 0 Å². The number of carbonyl (C=O) groups is 1. The fourth-order valence-corrected chi connectivity index (χ4v) is 1.85. The Morgan fingerprint density at radius 2 is 1.73 bits per heavy atom. The van der Waals surface area contributed by atoms with E-state index in [4.69, 9.17) is 5.73 Å². The molecule has 1 aliphatic rings. The van der Waals surface area contributed by atoms with Crippen molar-refractivity contribution in [1.82, 2.24) is 0 Å². The van der Waals surface area contributed by atoms with Gasteiger partial charge in [-0.25, -0.2) is 0 Å². The Labute approximate surface area is 94.7 Å². The van der Waals surface area contributed by atoms with Gasteiger partial charge in [0.1, 0.15) is 6.10 Å². The lowest BCUT2D eigenvalue weighted by Gasteiger charge is -2.08. The maximum absolute atomic E-state index is 11.4. The van der Waals surface area contributed by atoms with Gasteiger partial charge in [-0.1, -0.05) is 24.3 Å². The standard InChI is InChI=1S/C11H13NO2.ClH/c12-9-5-7-3-1-2-4-8(7)6-10(13)11(9)14;/h1-4,9-10,13H,5-6,12H2;1H/t9-,10-;/m0./s1. The number of fused-ring (bicyclic) bond motifs is 1. The summed E-state index contributed by atoms with van der Waals surface area (Å²) in [6.07, 6.45) is -0.0111. The van der Waals surface area contributed by atoms with Crippen LogP contribution in [0, 0.1) is 0 Å². The lowest BCUT2D eigenvalue weighted by molar-refractivity contribution is -0.128. The molecule has 2 atom stereocenters. The summed E-state index contributed by atoms with van der Waals surface area (Å²) in [5.41, 5.74) is 7.78. The number of carbonyl (C=O) groups excluding carboxylic acids is 1. The van der Waals surface area contributed by atoms with E-state index in [1.54, 1.807) is 0 Å². The summed E-state index contributed by atoms with van der Waals surface area (Å²) in [5, 5.41) is 9.55. The van der Waals surface area contributed by atoms with Crippen LogP contribution in [0.3, 0.4) is 0 Å². The first-order chi connectivity index (χ1) is 6.68. The van der Waals surface area contributed by atoms with E-state index in [1.807, 2.05) is 24.3 Å². The van der Waals surface area contributed by atoms with Crippen LogP contribution in [0.25, 0.3) is 0 Å². The maximum atomic E-state index is 11.4. The molecule has 82 valence electrons. The summed E-state index contributed by atoms with van der Waals surface area (Å²) >= 11 is 0. The third kappa shape index (κ3) is 2.37. The van der Waals surface area contributed by atoms with E-state index in [0.29, 0.717) is 12.8 Å². The van der Waals surface area contributed by atoms with Gasteiger partial charge in [0.05, 0.1) is 6.04 Å². The minimum atomic E-state index is -0.936. The smallest absolute Gasteiger partial charge is 0.178 e. The highest BCUT2D eigenvalue weighted by Gasteiger charge is 2.27. The number of rotatable bonds is 0. The largest absolute Gasteiger partial charge is 0.385 e. The molecule has 0 saturated carbocycles. The number of nitrogens with two attached hydrogens (primary N) is 1. The Kier molecular flexibility index (Phi) is 3.85. The van der Waals surface area contributed by atoms with Gasteiger partial charge in [0.2, 0.25) is 0 Å². The normalized spacial score (nSPS) is 25.1. The molecule has 0 heterocycles. The molecule has 3 N–H and O–H groups in total. The van der Waals surface area contributed by atoms with E-state index in [-0.39, 0.29) is 18.2 Å². The fraction of sp³-hybridized carbons (Fsp3) is 0.364. The van der Waals surface area contributed by atoms with Gasteiger partial charge in [0.25, 0.3) is 0 Å². The van der Waals surface area contributed by atoms with Crippen molar-refractivity contribution in [3.63, 3.8) is 0 Å². The number of aliphatic hydroxyl groups is 1. The molecule has 4 heteroatoms. The van der Waals surface area contributed by atoms with Crippen molar-refractivity contribution in [1.29, 1.82) is 0 Å². The molecule has 1 aliphatic carbocycles. The first-order valence-electron chi connectivity index (χ1n) is 4.72. The molecule has 0 spiro atoms. The van der Waals surface area contributed by atoms with Gasteiger partial charge in [0.15, 0.2) is 5.78 Å². The highest BCUT2D eigenvalue weighted by atomic mass is 35.5. The van der Waals surface area contributed by atoms with E-state index in [0.717, 1.165) is 11.1 Å². The molecular formula is C11H14ClNO2. The summed E-state index contributed by atoms with van der Waals surface area (Å²) < 4.78 is 0. The average molecular weight is 228 g/mol. The SMILES string of the molecule is Cl.N[C@H]1Cc2ccccc2C[C@H](O)C1=O. The molecule has 3 nitrogen and oxygen atoms in total. The van der Waals surface area contributed by atoms with Gasteiger partial charge < -0.3 is 10.8 Å². The van der Waals surface area contributed by atoms with Crippen LogP contribution in [0.15, 0.2) is 24.3 Å². The lowest BCUT2D eigenvalue weighted by Crippen LogP contribution is -2.38. The molecule has 0 aromatic heterocycles. The van der Waals surface area contributed by atoms with Gasteiger partial charge in [-0.05, 0) is 17.5 Å². The molecule has 15 heavy (non-hydrogen) atoms. The average Bonchev–Trinajstić information content (AvgIpc) is 2.28. The summed E-state index contributed by atoms with van der Waals surface area (Å²) in [7, 11) is 0. The van der Waals surface area contributed by atoms with Crippen LogP contribution in [-0.4, -0.2) is 23.0 Å². The van der Waals surface area contributed by atoms with Crippen molar-refractivity contribution in [3.8, 4) is 0 Å². The Morgan fingerprint density at radius 1 is 1.20 bits per heavy atom. The zero-order chi connectivity index (χ0) is 10.1. The predicted molar refractivity (Wildman–Crippen MR) is 60.1 cm³/mol. The maximum Gasteiger partial charge on any atom is 0.178 e. The fourth-order valence-electron chi connectivity index (χ4n) is 1.85. The topological polar surface area (TPSA) is 63.3 Å². The molecule has 0 unspecified atom stereocenters. The van der Waals surface area contributed by atoms with E-state index in [9.17, 15) is 9.90 Å². The summed E-state index contributed by atoms with van der Waals surface area (Å²) in [6, 6.07) is 7.17. The van der Waals surface area contributed by atoms with E-state index in [2.05, 4.69) is 0 Å². The number of hydrogen-bond donors (Lipinski definition) is 2. The van der Waals surface area contributed by atoms with Crippen LogP contribution in [0.1, 0.15) is 11.1 Å². The second-order valence-corrected chi connectivity index (χ2v) is 3.70. The molecule has 1 aromatic rings. The number of aliphatic hydroxyl groups excluding tert-OH is 1. The summed E-state index contributed by atoms with van der Waals surface area (Å²) in [5.74, 6) is -0.249. The number of ketones is 1. The Bertz CT molecular complexity index is 334. The van der Waals surface area contributed by atoms with Crippen LogP contribution < -0.4 is 5.73 Å². The molecule has 0 amide bonds. The first-order valence-corrected chi connectivity index (χ1v) is 4.72. The predicted octanol–water partition coefficient (Wildman–Crippen LogP) is 0.464. The van der Waals surface area contributed by atoms with Crippen LogP contribution >= 0.6 is 12.4 Å². The van der Waals surface area contributed by atoms with Gasteiger partial charge in [-0.2, -0.15) is 0 Å². The number of Topliss-reactive ketones (excluding diaryl/α,β-unsaturated/α-hetero) is 1. The Morgan fingerprint density at radius 3 is 2.33 bits per heavy atom. The van der Waals surface area contributed by atoms with Gasteiger partial charge in [-0.3, -0.25) is 4.79 Å². The van der Waals surface area contributed by atoms with Crippen molar-refractivity contribution >= 4 is 18.2 Å². The molecule has 0 radical (unpaired) electrons. The number of benzene rings is 1. The van der Waals surface area contributed by atoms with Crippen molar-refractivity contribution in [3.05, 3.63) is 35.4 Å². The van der Waals surface area contributed by atoms with Crippen molar-refractivity contribution in [2.75, 3.05) is 0 Å². The first kappa shape index (κ1) is 12.2. The van der Waals surface area contributed by atoms with Crippen LogP contribution in [0.2, 0.25) is 0 Å². The monoisotopic (exact) mass is 227 g/mol. The van der Waals surface area contributed by atoms with E-state index < -0.39 is 12.1 Å². The molecule has 0 aliphatic heterocycles. The summed E-state index contributed by atoms with van der Waals surface area (Å²) in [4.78, 5) is 11.4. The summed E-state index contributed by atoms with van der Waals surface area (Å²) in [6.45, 7) is 0. The number of halogens is 1. The molecule has 0 fully saturated rings. The zero-order valence-electron chi connectivity index (χ0n) is 8.22.